The Balaban J connectivity index is 1.56. The minimum Gasteiger partial charge on any atom is -0.386 e. The van der Waals surface area contributed by atoms with E-state index in [0.29, 0.717) is 11.8 Å². The van der Waals surface area contributed by atoms with Gasteiger partial charge in [-0.3, -0.25) is 4.79 Å². The summed E-state index contributed by atoms with van der Waals surface area (Å²) in [5.74, 6) is 3.07. The molecule has 2 bridgehead atoms. The molecule has 0 saturated carbocycles. The number of aliphatic hydroxyl groups is 1. The third-order valence-corrected chi connectivity index (χ3v) is 6.35. The van der Waals surface area contributed by atoms with Crippen LogP contribution in [-0.4, -0.2) is 46.9 Å². The van der Waals surface area contributed by atoms with Crippen LogP contribution in [0.4, 0.5) is 0 Å². The molecule has 0 aromatic carbocycles. The summed E-state index contributed by atoms with van der Waals surface area (Å²) in [6, 6.07) is 5.68. The zero-order valence-electron chi connectivity index (χ0n) is 14.0. The molecule has 128 valence electrons. The molecular weight excluding hydrogens is 308 g/mol. The normalized spacial score (nSPS) is 27.5. The summed E-state index contributed by atoms with van der Waals surface area (Å²) in [6.45, 7) is 6.06. The first kappa shape index (κ1) is 17.1. The van der Waals surface area contributed by atoms with Gasteiger partial charge >= 0.3 is 0 Å². The number of quaternary nitrogens is 1. The molecule has 5 heteroatoms. The van der Waals surface area contributed by atoms with Gasteiger partial charge in [0, 0.05) is 35.9 Å². The van der Waals surface area contributed by atoms with Crippen LogP contribution >= 0.6 is 11.8 Å². The summed E-state index contributed by atoms with van der Waals surface area (Å²) in [5.41, 5.74) is 1.35. The fourth-order valence-electron chi connectivity index (χ4n) is 4.14. The maximum Gasteiger partial charge on any atom is 0.250 e. The first-order valence-electron chi connectivity index (χ1n) is 8.96. The van der Waals surface area contributed by atoms with E-state index in [1.54, 1.807) is 6.07 Å². The number of hydrogen-bond donors (Lipinski definition) is 2. The van der Waals surface area contributed by atoms with Gasteiger partial charge in [0.25, 0.3) is 5.56 Å². The lowest BCUT2D eigenvalue weighted by Crippen LogP contribution is -3.15. The number of hydrogen-bond acceptors (Lipinski definition) is 3. The Hall–Kier alpha value is -0.780. The van der Waals surface area contributed by atoms with Crippen LogP contribution in [0.2, 0.25) is 0 Å². The van der Waals surface area contributed by atoms with Crippen molar-refractivity contribution in [3.05, 3.63) is 34.2 Å². The molecule has 3 rings (SSSR count). The van der Waals surface area contributed by atoms with Gasteiger partial charge in [-0.15, -0.1) is 0 Å². The minimum absolute atomic E-state index is 0.146. The fraction of sp³-hybridized carbons (Fsp3) is 0.722. The number of aliphatic hydroxyl groups excluding tert-OH is 1. The predicted octanol–water partition coefficient (Wildman–Crippen LogP) is 0.745. The standard InChI is InChI=1S/C18H28N2O2S/c1-2-3-7-23-13-16(21)12-19-9-14-8-15(11-19)17-5-4-6-18(22)20(17)10-14/h4-6,14-16,21H,2-3,7-13H2,1H3/p+1/t14-,15+,16+/m1/s1. The molecule has 1 aromatic heterocycles. The number of nitrogens with zero attached hydrogens (tertiary/aromatic N) is 1. The van der Waals surface area contributed by atoms with E-state index in [0.717, 1.165) is 37.7 Å². The van der Waals surface area contributed by atoms with Crippen molar-refractivity contribution in [2.45, 2.75) is 44.8 Å². The number of fused-ring (bicyclic) bond motifs is 4. The number of thioether (sulfide) groups is 1. The number of unbranched alkanes of at least 4 members (excludes halogenated alkanes) is 1. The van der Waals surface area contributed by atoms with Gasteiger partial charge in [-0.25, -0.2) is 0 Å². The van der Waals surface area contributed by atoms with Crippen molar-refractivity contribution >= 4 is 11.8 Å². The van der Waals surface area contributed by atoms with Gasteiger partial charge < -0.3 is 14.6 Å². The molecule has 2 aliphatic heterocycles. The summed E-state index contributed by atoms with van der Waals surface area (Å²) in [7, 11) is 0. The lowest BCUT2D eigenvalue weighted by Gasteiger charge is -2.40. The molecule has 23 heavy (non-hydrogen) atoms. The van der Waals surface area contributed by atoms with Crippen LogP contribution < -0.4 is 10.5 Å². The molecule has 1 aromatic rings. The number of piperidine rings is 1. The van der Waals surface area contributed by atoms with Crippen molar-refractivity contribution in [1.82, 2.24) is 4.57 Å². The van der Waals surface area contributed by atoms with E-state index in [1.165, 1.54) is 29.9 Å². The van der Waals surface area contributed by atoms with Gasteiger partial charge in [-0.05, 0) is 24.7 Å². The highest BCUT2D eigenvalue weighted by Crippen LogP contribution is 2.29. The predicted molar refractivity (Wildman–Crippen MR) is 95.4 cm³/mol. The van der Waals surface area contributed by atoms with Gasteiger partial charge in [0.05, 0.1) is 13.1 Å². The molecule has 0 amide bonds. The van der Waals surface area contributed by atoms with Crippen molar-refractivity contribution in [2.75, 3.05) is 31.1 Å². The zero-order chi connectivity index (χ0) is 16.2. The van der Waals surface area contributed by atoms with Crippen LogP contribution in [0.25, 0.3) is 0 Å². The highest BCUT2D eigenvalue weighted by Gasteiger charge is 2.37. The van der Waals surface area contributed by atoms with Crippen LogP contribution in [0.3, 0.4) is 0 Å². The molecule has 2 N–H and O–H groups in total. The van der Waals surface area contributed by atoms with E-state index in [-0.39, 0.29) is 11.7 Å². The number of likely N-dealkylation sites (tertiary alicyclic amines) is 1. The lowest BCUT2D eigenvalue weighted by molar-refractivity contribution is -0.913. The Morgan fingerprint density at radius 1 is 1.43 bits per heavy atom. The highest BCUT2D eigenvalue weighted by molar-refractivity contribution is 7.99. The molecule has 4 atom stereocenters. The number of aromatic nitrogens is 1. The first-order chi connectivity index (χ1) is 11.2. The van der Waals surface area contributed by atoms with Gasteiger partial charge in [-0.2, -0.15) is 11.8 Å². The topological polar surface area (TPSA) is 46.7 Å². The van der Waals surface area contributed by atoms with Gasteiger partial charge in [-0.1, -0.05) is 19.4 Å². The van der Waals surface area contributed by atoms with Gasteiger partial charge in [0.2, 0.25) is 0 Å². The number of pyridine rings is 1. The Morgan fingerprint density at radius 2 is 2.30 bits per heavy atom. The van der Waals surface area contributed by atoms with E-state index < -0.39 is 0 Å². The van der Waals surface area contributed by atoms with Crippen LogP contribution in [0, 0.1) is 5.92 Å². The minimum atomic E-state index is -0.205. The Labute approximate surface area is 142 Å². The van der Waals surface area contributed by atoms with Crippen molar-refractivity contribution in [3.8, 4) is 0 Å². The summed E-state index contributed by atoms with van der Waals surface area (Å²) in [4.78, 5) is 13.6. The van der Waals surface area contributed by atoms with E-state index in [2.05, 4.69) is 13.0 Å². The number of nitrogens with one attached hydrogen (secondary N) is 1. The molecule has 1 unspecified atom stereocenters. The van der Waals surface area contributed by atoms with Crippen molar-refractivity contribution in [3.63, 3.8) is 0 Å². The highest BCUT2D eigenvalue weighted by atomic mass is 32.2. The maximum atomic E-state index is 12.0. The lowest BCUT2D eigenvalue weighted by atomic mass is 9.83. The average Bonchev–Trinajstić information content (AvgIpc) is 2.53. The quantitative estimate of drug-likeness (QED) is 0.722. The molecule has 3 heterocycles. The third-order valence-electron chi connectivity index (χ3n) is 5.15. The fourth-order valence-corrected chi connectivity index (χ4v) is 5.19. The monoisotopic (exact) mass is 337 g/mol. The Kier molecular flexibility index (Phi) is 5.83. The summed E-state index contributed by atoms with van der Waals surface area (Å²) < 4.78 is 1.98. The van der Waals surface area contributed by atoms with Crippen LogP contribution in [0.5, 0.6) is 0 Å². The molecule has 0 aliphatic carbocycles. The maximum absolute atomic E-state index is 12.0. The van der Waals surface area contributed by atoms with Gasteiger partial charge in [0.1, 0.15) is 12.6 Å². The Bertz CT molecular complexity index is 574. The molecule has 0 spiro atoms. The van der Waals surface area contributed by atoms with Gasteiger partial charge in [0.15, 0.2) is 0 Å². The third kappa shape index (κ3) is 4.20. The van der Waals surface area contributed by atoms with E-state index in [1.807, 2.05) is 22.4 Å². The zero-order valence-corrected chi connectivity index (χ0v) is 14.9. The first-order valence-corrected chi connectivity index (χ1v) is 10.1. The van der Waals surface area contributed by atoms with E-state index >= 15 is 0 Å². The Morgan fingerprint density at radius 3 is 3.13 bits per heavy atom. The van der Waals surface area contributed by atoms with Crippen molar-refractivity contribution in [2.24, 2.45) is 5.92 Å². The largest absolute Gasteiger partial charge is 0.386 e. The second-order valence-electron chi connectivity index (χ2n) is 7.14. The SMILES string of the molecule is CCCCSC[C@@H](O)C[NH+]1C[C@H]2C[C@@H](C1)c1cccc(=O)n1C2. The second kappa shape index (κ2) is 7.86. The van der Waals surface area contributed by atoms with E-state index in [4.69, 9.17) is 0 Å². The van der Waals surface area contributed by atoms with Crippen LogP contribution in [0.15, 0.2) is 23.0 Å². The number of rotatable bonds is 7. The smallest absolute Gasteiger partial charge is 0.250 e. The van der Waals surface area contributed by atoms with Crippen LogP contribution in [-0.2, 0) is 6.54 Å². The average molecular weight is 338 g/mol. The summed E-state index contributed by atoms with van der Waals surface area (Å²) in [5, 5.41) is 10.3. The summed E-state index contributed by atoms with van der Waals surface area (Å²) in [6.07, 6.45) is 3.46. The molecular formula is C18H29N2O2S+. The second-order valence-corrected chi connectivity index (χ2v) is 8.29. The molecule has 0 radical (unpaired) electrons. The van der Waals surface area contributed by atoms with E-state index in [9.17, 15) is 9.90 Å². The molecule has 2 aliphatic rings. The van der Waals surface area contributed by atoms with Crippen LogP contribution in [0.1, 0.15) is 37.8 Å². The van der Waals surface area contributed by atoms with Crippen molar-refractivity contribution in [1.29, 1.82) is 0 Å². The van der Waals surface area contributed by atoms with Crippen molar-refractivity contribution < 1.29 is 10.0 Å². The molecule has 1 saturated heterocycles. The molecule has 1 fully saturated rings. The summed E-state index contributed by atoms with van der Waals surface area (Å²) >= 11 is 1.88. The molecule has 4 nitrogen and oxygen atoms in total.